The summed E-state index contributed by atoms with van der Waals surface area (Å²) in [5.74, 6) is -0.381. The van der Waals surface area contributed by atoms with Crippen molar-refractivity contribution in [3.05, 3.63) is 17.6 Å². The Labute approximate surface area is 81.8 Å². The van der Waals surface area contributed by atoms with E-state index in [9.17, 15) is 4.79 Å². The van der Waals surface area contributed by atoms with Gasteiger partial charge in [-0.1, -0.05) is 0 Å². The lowest BCUT2D eigenvalue weighted by Crippen LogP contribution is -2.04. The molecular weight excluding hydrogens is 184 g/mol. The Balaban J connectivity index is 2.87. The molecule has 14 heavy (non-hydrogen) atoms. The minimum atomic E-state index is -0.838. The third-order valence-electron chi connectivity index (χ3n) is 1.90. The normalized spacial score (nSPS) is 9.86. The van der Waals surface area contributed by atoms with E-state index < -0.39 is 5.97 Å². The minimum absolute atomic E-state index is 0.0601. The van der Waals surface area contributed by atoms with Crippen LogP contribution >= 0.6 is 0 Å². The lowest BCUT2D eigenvalue weighted by atomic mass is 10.1. The summed E-state index contributed by atoms with van der Waals surface area (Å²) < 4.78 is 5.01. The zero-order chi connectivity index (χ0) is 10.6. The lowest BCUT2D eigenvalue weighted by molar-refractivity contribution is -0.136. The second-order valence-electron chi connectivity index (χ2n) is 2.84. The van der Waals surface area contributed by atoms with Gasteiger partial charge in [-0.15, -0.1) is 0 Å². The van der Waals surface area contributed by atoms with E-state index in [0.717, 1.165) is 11.3 Å². The van der Waals surface area contributed by atoms with Crippen LogP contribution in [0, 0.1) is 6.92 Å². The highest BCUT2D eigenvalue weighted by Gasteiger charge is 2.10. The van der Waals surface area contributed by atoms with Crippen LogP contribution in [0.3, 0.4) is 0 Å². The third-order valence-corrected chi connectivity index (χ3v) is 1.90. The zero-order valence-electron chi connectivity index (χ0n) is 8.15. The van der Waals surface area contributed by atoms with Crippen molar-refractivity contribution in [1.29, 1.82) is 0 Å². The third kappa shape index (κ3) is 2.42. The Morgan fingerprint density at radius 2 is 2.29 bits per heavy atom. The van der Waals surface area contributed by atoms with E-state index in [0.29, 0.717) is 12.3 Å². The van der Waals surface area contributed by atoms with E-state index in [1.165, 1.54) is 13.4 Å². The molecule has 5 nitrogen and oxygen atoms in total. The molecule has 0 atom stereocenters. The molecule has 1 aromatic rings. The van der Waals surface area contributed by atoms with Crippen LogP contribution in [-0.2, 0) is 11.2 Å². The Bertz CT molecular complexity index is 339. The largest absolute Gasteiger partial charge is 0.481 e. The fourth-order valence-corrected chi connectivity index (χ4v) is 1.17. The van der Waals surface area contributed by atoms with Gasteiger partial charge in [0.05, 0.1) is 7.11 Å². The first-order valence-corrected chi connectivity index (χ1v) is 4.21. The van der Waals surface area contributed by atoms with E-state index >= 15 is 0 Å². The van der Waals surface area contributed by atoms with Crippen LogP contribution in [0.1, 0.15) is 17.7 Å². The molecule has 0 unspecified atom stereocenters. The van der Waals surface area contributed by atoms with Gasteiger partial charge < -0.3 is 9.84 Å². The summed E-state index contributed by atoms with van der Waals surface area (Å²) in [5.41, 5.74) is 1.52. The SMILES string of the molecule is COc1ncnc(C)c1CCC(=O)O. The molecule has 0 saturated heterocycles. The van der Waals surface area contributed by atoms with Gasteiger partial charge in [-0.2, -0.15) is 0 Å². The van der Waals surface area contributed by atoms with Gasteiger partial charge in [-0.25, -0.2) is 9.97 Å². The second-order valence-corrected chi connectivity index (χ2v) is 2.84. The minimum Gasteiger partial charge on any atom is -0.481 e. The van der Waals surface area contributed by atoms with Crippen molar-refractivity contribution in [3.8, 4) is 5.88 Å². The van der Waals surface area contributed by atoms with Crippen LogP contribution < -0.4 is 4.74 Å². The van der Waals surface area contributed by atoms with E-state index in [1.807, 2.05) is 0 Å². The van der Waals surface area contributed by atoms with Crippen molar-refractivity contribution >= 4 is 5.97 Å². The fourth-order valence-electron chi connectivity index (χ4n) is 1.17. The number of carbonyl (C=O) groups is 1. The van der Waals surface area contributed by atoms with E-state index in [2.05, 4.69) is 9.97 Å². The number of hydrogen-bond donors (Lipinski definition) is 1. The van der Waals surface area contributed by atoms with Crippen molar-refractivity contribution in [1.82, 2.24) is 9.97 Å². The molecule has 1 N–H and O–H groups in total. The van der Waals surface area contributed by atoms with Crippen LogP contribution in [-0.4, -0.2) is 28.2 Å². The first-order valence-electron chi connectivity index (χ1n) is 4.21. The maximum atomic E-state index is 10.4. The highest BCUT2D eigenvalue weighted by atomic mass is 16.5. The summed E-state index contributed by atoms with van der Waals surface area (Å²) in [7, 11) is 1.51. The summed E-state index contributed by atoms with van der Waals surface area (Å²) >= 11 is 0. The number of methoxy groups -OCH3 is 1. The Morgan fingerprint density at radius 3 is 2.86 bits per heavy atom. The summed E-state index contributed by atoms with van der Waals surface area (Å²) in [6.45, 7) is 1.81. The van der Waals surface area contributed by atoms with Crippen LogP contribution in [0.2, 0.25) is 0 Å². The Kier molecular flexibility index (Phi) is 3.39. The van der Waals surface area contributed by atoms with Crippen molar-refractivity contribution < 1.29 is 14.6 Å². The average molecular weight is 196 g/mol. The number of rotatable bonds is 4. The van der Waals surface area contributed by atoms with Crippen LogP contribution in [0.4, 0.5) is 0 Å². The molecular formula is C9H12N2O3. The van der Waals surface area contributed by atoms with Gasteiger partial charge in [0.25, 0.3) is 0 Å². The Hall–Kier alpha value is -1.65. The summed E-state index contributed by atoms with van der Waals surface area (Å²) in [4.78, 5) is 18.3. The predicted molar refractivity (Wildman–Crippen MR) is 49.3 cm³/mol. The number of aromatic nitrogens is 2. The molecule has 0 aromatic carbocycles. The first kappa shape index (κ1) is 10.4. The monoisotopic (exact) mass is 196 g/mol. The molecule has 0 aliphatic heterocycles. The zero-order valence-corrected chi connectivity index (χ0v) is 8.15. The molecule has 0 radical (unpaired) electrons. The smallest absolute Gasteiger partial charge is 0.303 e. The van der Waals surface area contributed by atoms with Crippen molar-refractivity contribution in [2.45, 2.75) is 19.8 Å². The maximum absolute atomic E-state index is 10.4. The van der Waals surface area contributed by atoms with Gasteiger partial charge in [0.1, 0.15) is 6.33 Å². The highest BCUT2D eigenvalue weighted by molar-refractivity contribution is 5.67. The van der Waals surface area contributed by atoms with Gasteiger partial charge >= 0.3 is 5.97 Å². The number of nitrogens with zero attached hydrogens (tertiary/aromatic N) is 2. The molecule has 0 aliphatic rings. The maximum Gasteiger partial charge on any atom is 0.303 e. The molecule has 0 aliphatic carbocycles. The van der Waals surface area contributed by atoms with Gasteiger partial charge in [0.2, 0.25) is 5.88 Å². The summed E-state index contributed by atoms with van der Waals surface area (Å²) in [5, 5.41) is 8.55. The lowest BCUT2D eigenvalue weighted by Gasteiger charge is -2.07. The molecule has 0 amide bonds. The van der Waals surface area contributed by atoms with Gasteiger partial charge in [0, 0.05) is 17.7 Å². The van der Waals surface area contributed by atoms with E-state index in [1.54, 1.807) is 6.92 Å². The van der Waals surface area contributed by atoms with Crippen LogP contribution in [0.5, 0.6) is 5.88 Å². The summed E-state index contributed by atoms with van der Waals surface area (Å²) in [6, 6.07) is 0. The molecule has 76 valence electrons. The quantitative estimate of drug-likeness (QED) is 0.771. The second kappa shape index (κ2) is 4.55. The van der Waals surface area contributed by atoms with E-state index in [-0.39, 0.29) is 6.42 Å². The molecule has 0 spiro atoms. The predicted octanol–water partition coefficient (Wildman–Crippen LogP) is 0.811. The molecule has 0 fully saturated rings. The molecule has 0 saturated carbocycles. The van der Waals surface area contributed by atoms with Crippen LogP contribution in [0.25, 0.3) is 0 Å². The van der Waals surface area contributed by atoms with Crippen LogP contribution in [0.15, 0.2) is 6.33 Å². The number of hydrogen-bond acceptors (Lipinski definition) is 4. The molecule has 1 rings (SSSR count). The highest BCUT2D eigenvalue weighted by Crippen LogP contribution is 2.18. The van der Waals surface area contributed by atoms with Gasteiger partial charge in [0.15, 0.2) is 0 Å². The van der Waals surface area contributed by atoms with Crippen molar-refractivity contribution in [3.63, 3.8) is 0 Å². The van der Waals surface area contributed by atoms with E-state index in [4.69, 9.17) is 9.84 Å². The first-order chi connectivity index (χ1) is 6.65. The number of aliphatic carboxylic acids is 1. The molecule has 5 heteroatoms. The van der Waals surface area contributed by atoms with Gasteiger partial charge in [-0.05, 0) is 13.3 Å². The summed E-state index contributed by atoms with van der Waals surface area (Å²) in [6.07, 6.45) is 1.86. The number of carboxylic acids is 1. The average Bonchev–Trinajstić information content (AvgIpc) is 2.15. The molecule has 0 bridgehead atoms. The number of aryl methyl sites for hydroxylation is 1. The fraction of sp³-hybridized carbons (Fsp3) is 0.444. The number of carboxylic acid groups (broad SMARTS) is 1. The van der Waals surface area contributed by atoms with Crippen molar-refractivity contribution in [2.24, 2.45) is 0 Å². The van der Waals surface area contributed by atoms with Gasteiger partial charge in [-0.3, -0.25) is 4.79 Å². The molecule has 1 heterocycles. The standard InChI is InChI=1S/C9H12N2O3/c1-6-7(3-4-8(12)13)9(14-2)11-5-10-6/h5H,3-4H2,1-2H3,(H,12,13). The number of ether oxygens (including phenoxy) is 1. The Morgan fingerprint density at radius 1 is 1.57 bits per heavy atom. The topological polar surface area (TPSA) is 72.3 Å². The van der Waals surface area contributed by atoms with Crippen molar-refractivity contribution in [2.75, 3.05) is 7.11 Å². The molecule has 1 aromatic heterocycles.